The van der Waals surface area contributed by atoms with Gasteiger partial charge in [-0.15, -0.1) is 0 Å². The molecule has 0 aromatic heterocycles. The topological polar surface area (TPSA) is 47.6 Å². The van der Waals surface area contributed by atoms with Crippen LogP contribution in [-0.2, 0) is 11.2 Å². The summed E-state index contributed by atoms with van der Waals surface area (Å²) in [5.41, 5.74) is 7.06. The maximum Gasteiger partial charge on any atom is 0.0981 e. The van der Waals surface area contributed by atoms with Crippen LogP contribution in [0.1, 0.15) is 25.3 Å². The Bertz CT molecular complexity index is 322. The quantitative estimate of drug-likeness (QED) is 0.426. The summed E-state index contributed by atoms with van der Waals surface area (Å²) < 4.78 is 5.37. The molecule has 0 radical (unpaired) electrons. The summed E-state index contributed by atoms with van der Waals surface area (Å²) in [5.74, 6) is 0.701. The smallest absolute Gasteiger partial charge is 0.0981 e. The van der Waals surface area contributed by atoms with Gasteiger partial charge in [0.15, 0.2) is 0 Å². The first-order chi connectivity index (χ1) is 8.33. The van der Waals surface area contributed by atoms with Gasteiger partial charge < -0.3 is 10.5 Å². The number of aliphatic imine (C=N–C) groups is 1. The molecule has 0 aliphatic carbocycles. The second kappa shape index (κ2) is 8.76. The summed E-state index contributed by atoms with van der Waals surface area (Å²) in [6, 6.07) is 10.2. The van der Waals surface area contributed by atoms with Crippen LogP contribution in [0.2, 0.25) is 0 Å². The predicted octanol–water partition coefficient (Wildman–Crippen LogP) is 2.40. The molecule has 0 heterocycles. The molecule has 0 aliphatic heterocycles. The van der Waals surface area contributed by atoms with E-state index in [1.165, 1.54) is 5.56 Å². The molecular formula is C14H22N2O. The summed E-state index contributed by atoms with van der Waals surface area (Å²) in [6.07, 6.45) is 2.74. The summed E-state index contributed by atoms with van der Waals surface area (Å²) in [4.78, 5) is 4.33. The minimum atomic E-state index is 0.701. The van der Waals surface area contributed by atoms with Crippen LogP contribution in [0.15, 0.2) is 35.3 Å². The lowest BCUT2D eigenvalue weighted by Gasteiger charge is -2.02. The van der Waals surface area contributed by atoms with Crippen LogP contribution in [0.3, 0.4) is 0 Å². The molecule has 0 fully saturated rings. The van der Waals surface area contributed by atoms with E-state index in [0.717, 1.165) is 39.0 Å². The van der Waals surface area contributed by atoms with Gasteiger partial charge in [0, 0.05) is 26.2 Å². The van der Waals surface area contributed by atoms with Crippen molar-refractivity contribution in [3.8, 4) is 0 Å². The van der Waals surface area contributed by atoms with Crippen LogP contribution in [0.4, 0.5) is 0 Å². The van der Waals surface area contributed by atoms with Gasteiger partial charge in [-0.05, 0) is 18.4 Å². The van der Waals surface area contributed by atoms with Gasteiger partial charge in [0.05, 0.1) is 5.84 Å². The fraction of sp³-hybridized carbons (Fsp3) is 0.500. The highest BCUT2D eigenvalue weighted by atomic mass is 16.5. The first-order valence-corrected chi connectivity index (χ1v) is 6.23. The molecule has 0 unspecified atom stereocenters. The van der Waals surface area contributed by atoms with E-state index in [1.807, 2.05) is 18.2 Å². The fourth-order valence-corrected chi connectivity index (χ4v) is 1.50. The van der Waals surface area contributed by atoms with Gasteiger partial charge >= 0.3 is 0 Å². The monoisotopic (exact) mass is 234 g/mol. The van der Waals surface area contributed by atoms with Gasteiger partial charge in [-0.25, -0.2) is 0 Å². The van der Waals surface area contributed by atoms with Crippen molar-refractivity contribution >= 4 is 5.84 Å². The summed E-state index contributed by atoms with van der Waals surface area (Å²) in [6.45, 7) is 4.47. The maximum atomic E-state index is 5.86. The van der Waals surface area contributed by atoms with Gasteiger partial charge in [-0.2, -0.15) is 0 Å². The highest BCUT2D eigenvalue weighted by Crippen LogP contribution is 1.99. The number of nitrogens with zero attached hydrogens (tertiary/aromatic N) is 1. The summed E-state index contributed by atoms with van der Waals surface area (Å²) >= 11 is 0. The van der Waals surface area contributed by atoms with Crippen molar-refractivity contribution in [2.24, 2.45) is 10.7 Å². The Balaban J connectivity index is 2.17. The Hall–Kier alpha value is -1.35. The lowest BCUT2D eigenvalue weighted by atomic mass is 10.1. The average Bonchev–Trinajstić information content (AvgIpc) is 2.35. The summed E-state index contributed by atoms with van der Waals surface area (Å²) in [5, 5.41) is 0. The largest absolute Gasteiger partial charge is 0.387 e. The molecule has 3 nitrogen and oxygen atoms in total. The molecule has 94 valence electrons. The molecule has 1 rings (SSSR count). The van der Waals surface area contributed by atoms with Crippen molar-refractivity contribution in [2.75, 3.05) is 19.8 Å². The molecule has 0 saturated heterocycles. The fourth-order valence-electron chi connectivity index (χ4n) is 1.50. The van der Waals surface area contributed by atoms with Crippen molar-refractivity contribution < 1.29 is 4.74 Å². The molecule has 0 atom stereocenters. The Morgan fingerprint density at radius 1 is 1.24 bits per heavy atom. The standard InChI is InChI=1S/C14H22N2O/c1-2-10-17-11-6-9-16-14(15)12-13-7-4-3-5-8-13/h3-5,7-8H,2,6,9-12H2,1H3,(H2,15,16). The lowest BCUT2D eigenvalue weighted by molar-refractivity contribution is 0.134. The minimum absolute atomic E-state index is 0.701. The van der Waals surface area contributed by atoms with E-state index < -0.39 is 0 Å². The second-order valence-corrected chi connectivity index (χ2v) is 4.00. The molecule has 2 N–H and O–H groups in total. The molecule has 1 aromatic rings. The zero-order valence-corrected chi connectivity index (χ0v) is 10.6. The summed E-state index contributed by atoms with van der Waals surface area (Å²) in [7, 11) is 0. The van der Waals surface area contributed by atoms with Crippen LogP contribution < -0.4 is 5.73 Å². The van der Waals surface area contributed by atoms with Crippen molar-refractivity contribution in [3.63, 3.8) is 0 Å². The van der Waals surface area contributed by atoms with E-state index in [-0.39, 0.29) is 0 Å². The van der Waals surface area contributed by atoms with Gasteiger partial charge in [-0.3, -0.25) is 4.99 Å². The van der Waals surface area contributed by atoms with E-state index in [0.29, 0.717) is 5.84 Å². The zero-order valence-electron chi connectivity index (χ0n) is 10.6. The number of hydrogen-bond donors (Lipinski definition) is 1. The third-order valence-corrected chi connectivity index (χ3v) is 2.34. The molecule has 0 bridgehead atoms. The van der Waals surface area contributed by atoms with Crippen LogP contribution in [0.5, 0.6) is 0 Å². The Labute approximate surface area is 104 Å². The third kappa shape index (κ3) is 6.74. The van der Waals surface area contributed by atoms with Gasteiger partial charge in [-0.1, -0.05) is 37.3 Å². The highest BCUT2D eigenvalue weighted by molar-refractivity contribution is 5.82. The van der Waals surface area contributed by atoms with E-state index in [1.54, 1.807) is 0 Å². The first kappa shape index (κ1) is 13.7. The molecule has 3 heteroatoms. The van der Waals surface area contributed by atoms with Crippen molar-refractivity contribution in [2.45, 2.75) is 26.2 Å². The molecule has 1 aromatic carbocycles. The normalized spacial score (nSPS) is 11.7. The number of amidine groups is 1. The molecule has 17 heavy (non-hydrogen) atoms. The van der Waals surface area contributed by atoms with Crippen LogP contribution >= 0.6 is 0 Å². The van der Waals surface area contributed by atoms with E-state index in [4.69, 9.17) is 10.5 Å². The van der Waals surface area contributed by atoms with Crippen LogP contribution in [0, 0.1) is 0 Å². The SMILES string of the molecule is CCCOCCCN=C(N)Cc1ccccc1. The van der Waals surface area contributed by atoms with Gasteiger partial charge in [0.2, 0.25) is 0 Å². The van der Waals surface area contributed by atoms with Crippen LogP contribution in [-0.4, -0.2) is 25.6 Å². The number of nitrogens with two attached hydrogens (primary N) is 1. The van der Waals surface area contributed by atoms with Gasteiger partial charge in [0.1, 0.15) is 0 Å². The number of benzene rings is 1. The van der Waals surface area contributed by atoms with Crippen LogP contribution in [0.25, 0.3) is 0 Å². The van der Waals surface area contributed by atoms with E-state index >= 15 is 0 Å². The number of ether oxygens (including phenoxy) is 1. The molecule has 0 spiro atoms. The predicted molar refractivity (Wildman–Crippen MR) is 72.4 cm³/mol. The minimum Gasteiger partial charge on any atom is -0.387 e. The third-order valence-electron chi connectivity index (χ3n) is 2.34. The molecule has 0 aliphatic rings. The molecule has 0 saturated carbocycles. The van der Waals surface area contributed by atoms with Crippen molar-refractivity contribution in [1.82, 2.24) is 0 Å². The molecular weight excluding hydrogens is 212 g/mol. The molecule has 0 amide bonds. The average molecular weight is 234 g/mol. The highest BCUT2D eigenvalue weighted by Gasteiger charge is 1.95. The Morgan fingerprint density at radius 2 is 2.00 bits per heavy atom. The maximum absolute atomic E-state index is 5.86. The van der Waals surface area contributed by atoms with Crippen molar-refractivity contribution in [3.05, 3.63) is 35.9 Å². The Morgan fingerprint density at radius 3 is 2.71 bits per heavy atom. The van der Waals surface area contributed by atoms with E-state index in [9.17, 15) is 0 Å². The first-order valence-electron chi connectivity index (χ1n) is 6.23. The number of rotatable bonds is 8. The second-order valence-electron chi connectivity index (χ2n) is 4.00. The van der Waals surface area contributed by atoms with E-state index in [2.05, 4.69) is 24.0 Å². The zero-order chi connectivity index (χ0) is 12.3. The van der Waals surface area contributed by atoms with Gasteiger partial charge in [0.25, 0.3) is 0 Å². The van der Waals surface area contributed by atoms with Crippen molar-refractivity contribution in [1.29, 1.82) is 0 Å². The number of hydrogen-bond acceptors (Lipinski definition) is 2. The lowest BCUT2D eigenvalue weighted by Crippen LogP contribution is -2.15. The Kier molecular flexibility index (Phi) is 7.07.